The highest BCUT2D eigenvalue weighted by Gasteiger charge is 2.16. The number of nitrogens with one attached hydrogen (secondary N) is 1. The van der Waals surface area contributed by atoms with E-state index < -0.39 is 6.10 Å². The van der Waals surface area contributed by atoms with Crippen LogP contribution in [0.2, 0.25) is 5.02 Å². The van der Waals surface area contributed by atoms with Gasteiger partial charge < -0.3 is 5.11 Å². The van der Waals surface area contributed by atoms with Crippen LogP contribution < -0.4 is 0 Å². The van der Waals surface area contributed by atoms with Crippen molar-refractivity contribution in [2.24, 2.45) is 0 Å². The van der Waals surface area contributed by atoms with Crippen molar-refractivity contribution in [2.45, 2.75) is 13.0 Å². The maximum absolute atomic E-state index is 9.48. The number of aromatic amines is 1. The van der Waals surface area contributed by atoms with E-state index in [0.717, 1.165) is 5.56 Å². The summed E-state index contributed by atoms with van der Waals surface area (Å²) in [6.45, 7) is 1.64. The van der Waals surface area contributed by atoms with E-state index in [9.17, 15) is 5.11 Å². The van der Waals surface area contributed by atoms with Crippen molar-refractivity contribution < 1.29 is 5.11 Å². The van der Waals surface area contributed by atoms with Crippen LogP contribution in [0.25, 0.3) is 11.3 Å². The molecule has 4 nitrogen and oxygen atoms in total. The normalized spacial score (nSPS) is 12.7. The largest absolute Gasteiger partial charge is 0.387 e. The van der Waals surface area contributed by atoms with E-state index in [2.05, 4.69) is 15.4 Å². The van der Waals surface area contributed by atoms with Gasteiger partial charge in [-0.1, -0.05) is 29.8 Å². The summed E-state index contributed by atoms with van der Waals surface area (Å²) in [6.07, 6.45) is -0.671. The lowest BCUT2D eigenvalue weighted by molar-refractivity contribution is 0.195. The number of H-pyrrole nitrogens is 1. The second kappa shape index (κ2) is 4.00. The van der Waals surface area contributed by atoms with Crippen molar-refractivity contribution in [1.29, 1.82) is 0 Å². The molecule has 1 unspecified atom stereocenters. The third-order valence-corrected chi connectivity index (χ3v) is 2.43. The summed E-state index contributed by atoms with van der Waals surface area (Å²) in [5.41, 5.74) is 1.86. The van der Waals surface area contributed by atoms with Crippen LogP contribution >= 0.6 is 11.6 Å². The predicted molar refractivity (Wildman–Crippen MR) is 57.5 cm³/mol. The third kappa shape index (κ3) is 1.86. The molecule has 0 amide bonds. The van der Waals surface area contributed by atoms with E-state index >= 15 is 0 Å². The zero-order chi connectivity index (χ0) is 10.8. The van der Waals surface area contributed by atoms with E-state index in [-0.39, 0.29) is 0 Å². The fraction of sp³-hybridized carbons (Fsp3) is 0.200. The molecule has 0 bridgehead atoms. The first-order valence-corrected chi connectivity index (χ1v) is 4.91. The van der Waals surface area contributed by atoms with Crippen LogP contribution in [0.5, 0.6) is 0 Å². The summed E-state index contributed by atoms with van der Waals surface area (Å²) < 4.78 is 0. The summed E-state index contributed by atoms with van der Waals surface area (Å²) in [7, 11) is 0. The monoisotopic (exact) mass is 223 g/mol. The number of hydrogen-bond donors (Lipinski definition) is 2. The van der Waals surface area contributed by atoms with Gasteiger partial charge in [0, 0.05) is 5.56 Å². The molecule has 0 spiro atoms. The van der Waals surface area contributed by atoms with Gasteiger partial charge >= 0.3 is 0 Å². The second-order valence-corrected chi connectivity index (χ2v) is 3.62. The van der Waals surface area contributed by atoms with Crippen molar-refractivity contribution in [1.82, 2.24) is 15.4 Å². The Morgan fingerprint density at radius 3 is 2.73 bits per heavy atom. The predicted octanol–water partition coefficient (Wildman–Crippen LogP) is 2.18. The van der Waals surface area contributed by atoms with Gasteiger partial charge in [-0.3, -0.25) is 0 Å². The highest BCUT2D eigenvalue weighted by molar-refractivity contribution is 6.33. The van der Waals surface area contributed by atoms with Gasteiger partial charge in [0.05, 0.1) is 11.1 Å². The van der Waals surface area contributed by atoms with Gasteiger partial charge in [-0.25, -0.2) is 0 Å². The van der Waals surface area contributed by atoms with Gasteiger partial charge in [0.2, 0.25) is 0 Å². The van der Waals surface area contributed by atoms with Crippen LogP contribution in [0.4, 0.5) is 0 Å². The summed E-state index contributed by atoms with van der Waals surface area (Å²) >= 11 is 6.03. The Kier molecular flexibility index (Phi) is 2.70. The minimum absolute atomic E-state index is 0.503. The highest BCUT2D eigenvalue weighted by atomic mass is 35.5. The average molecular weight is 224 g/mol. The fourth-order valence-corrected chi connectivity index (χ4v) is 1.61. The molecule has 1 aromatic heterocycles. The van der Waals surface area contributed by atoms with Crippen molar-refractivity contribution in [2.75, 3.05) is 0 Å². The Bertz CT molecular complexity index is 467. The lowest BCUT2D eigenvalue weighted by Gasteiger charge is -2.04. The first kappa shape index (κ1) is 10.1. The zero-order valence-corrected chi connectivity index (χ0v) is 8.86. The van der Waals surface area contributed by atoms with Crippen LogP contribution in [-0.2, 0) is 0 Å². The first-order valence-electron chi connectivity index (χ1n) is 4.53. The van der Waals surface area contributed by atoms with Gasteiger partial charge in [0.1, 0.15) is 11.4 Å². The molecule has 0 aliphatic heterocycles. The van der Waals surface area contributed by atoms with Gasteiger partial charge in [-0.15, -0.1) is 0 Å². The third-order valence-electron chi connectivity index (χ3n) is 2.10. The zero-order valence-electron chi connectivity index (χ0n) is 8.11. The smallest absolute Gasteiger partial charge is 0.120 e. The van der Waals surface area contributed by atoms with Crippen molar-refractivity contribution in [3.8, 4) is 11.3 Å². The summed E-state index contributed by atoms with van der Waals surface area (Å²) in [6, 6.07) is 7.32. The molecule has 78 valence electrons. The van der Waals surface area contributed by atoms with Crippen LogP contribution in [0.1, 0.15) is 18.7 Å². The Labute approximate surface area is 91.9 Å². The maximum Gasteiger partial charge on any atom is 0.120 e. The molecule has 0 saturated carbocycles. The summed E-state index contributed by atoms with van der Waals surface area (Å²) in [5.74, 6) is 0. The molecule has 2 rings (SSSR count). The minimum atomic E-state index is -0.671. The van der Waals surface area contributed by atoms with E-state index in [1.54, 1.807) is 13.0 Å². The van der Waals surface area contributed by atoms with E-state index in [0.29, 0.717) is 16.4 Å². The van der Waals surface area contributed by atoms with Gasteiger partial charge in [-0.2, -0.15) is 15.4 Å². The SMILES string of the molecule is CC(O)c1n[nH]nc1-c1ccccc1Cl. The Morgan fingerprint density at radius 1 is 1.33 bits per heavy atom. The number of rotatable bonds is 2. The van der Waals surface area contributed by atoms with Crippen LogP contribution in [-0.4, -0.2) is 20.5 Å². The molecule has 0 radical (unpaired) electrons. The lowest BCUT2D eigenvalue weighted by Crippen LogP contribution is -1.94. The number of aliphatic hydroxyl groups is 1. The van der Waals surface area contributed by atoms with Gasteiger partial charge in [0.15, 0.2) is 0 Å². The number of benzene rings is 1. The molecule has 1 heterocycles. The number of halogens is 1. The van der Waals surface area contributed by atoms with E-state index in [4.69, 9.17) is 11.6 Å². The standard InChI is InChI=1S/C10H10ClN3O/c1-6(15)9-10(13-14-12-9)7-4-2-3-5-8(7)11/h2-6,15H,1H3,(H,12,13,14). The maximum atomic E-state index is 9.48. The Morgan fingerprint density at radius 2 is 2.07 bits per heavy atom. The minimum Gasteiger partial charge on any atom is -0.387 e. The molecule has 1 aromatic carbocycles. The topological polar surface area (TPSA) is 61.8 Å². The van der Waals surface area contributed by atoms with E-state index in [1.807, 2.05) is 18.2 Å². The van der Waals surface area contributed by atoms with Crippen molar-refractivity contribution >= 4 is 11.6 Å². The number of aromatic nitrogens is 3. The molecule has 0 aliphatic rings. The second-order valence-electron chi connectivity index (χ2n) is 3.21. The Hall–Kier alpha value is -1.39. The van der Waals surface area contributed by atoms with Crippen LogP contribution in [0.3, 0.4) is 0 Å². The van der Waals surface area contributed by atoms with Crippen LogP contribution in [0.15, 0.2) is 24.3 Å². The molecular formula is C10H10ClN3O. The number of aliphatic hydroxyl groups excluding tert-OH is 1. The fourth-order valence-electron chi connectivity index (χ4n) is 1.38. The molecule has 0 fully saturated rings. The molecular weight excluding hydrogens is 214 g/mol. The number of hydrogen-bond acceptors (Lipinski definition) is 3. The molecule has 2 N–H and O–H groups in total. The molecule has 15 heavy (non-hydrogen) atoms. The molecule has 0 aliphatic carbocycles. The summed E-state index contributed by atoms with van der Waals surface area (Å²) in [4.78, 5) is 0. The molecule has 5 heteroatoms. The van der Waals surface area contributed by atoms with Gasteiger partial charge in [-0.05, 0) is 13.0 Å². The average Bonchev–Trinajstić information content (AvgIpc) is 2.67. The van der Waals surface area contributed by atoms with Gasteiger partial charge in [0.25, 0.3) is 0 Å². The Balaban J connectivity index is 2.55. The molecule has 0 saturated heterocycles. The number of nitrogens with zero attached hydrogens (tertiary/aromatic N) is 2. The van der Waals surface area contributed by atoms with Crippen molar-refractivity contribution in [3.05, 3.63) is 35.0 Å². The quantitative estimate of drug-likeness (QED) is 0.820. The van der Waals surface area contributed by atoms with E-state index in [1.165, 1.54) is 0 Å². The molecule has 2 aromatic rings. The first-order chi connectivity index (χ1) is 7.20. The summed E-state index contributed by atoms with van der Waals surface area (Å²) in [5, 5.41) is 20.4. The lowest BCUT2D eigenvalue weighted by atomic mass is 10.1. The molecule has 1 atom stereocenters. The van der Waals surface area contributed by atoms with Crippen molar-refractivity contribution in [3.63, 3.8) is 0 Å². The van der Waals surface area contributed by atoms with Crippen LogP contribution in [0, 0.1) is 0 Å². The highest BCUT2D eigenvalue weighted by Crippen LogP contribution is 2.29.